The van der Waals surface area contributed by atoms with Gasteiger partial charge in [-0.2, -0.15) is 0 Å². The summed E-state index contributed by atoms with van der Waals surface area (Å²) >= 11 is 11.6. The predicted molar refractivity (Wildman–Crippen MR) is 112 cm³/mol. The molecule has 2 saturated heterocycles. The van der Waals surface area contributed by atoms with E-state index in [1.807, 2.05) is 24.3 Å². The van der Waals surface area contributed by atoms with Crippen LogP contribution in [-0.2, 0) is 6.54 Å². The number of thiocarbonyl (C=S) groups is 1. The Labute approximate surface area is 165 Å². The minimum atomic E-state index is 0.464. The predicted octanol–water partition coefficient (Wildman–Crippen LogP) is 3.40. The van der Waals surface area contributed by atoms with Gasteiger partial charge >= 0.3 is 0 Å². The zero-order chi connectivity index (χ0) is 17.9. The van der Waals surface area contributed by atoms with E-state index in [2.05, 4.69) is 41.0 Å². The van der Waals surface area contributed by atoms with Crippen molar-refractivity contribution >= 4 is 34.6 Å². The highest BCUT2D eigenvalue weighted by Crippen LogP contribution is 2.24. The Bertz CT molecular complexity index is 753. The molecule has 0 radical (unpaired) electrons. The summed E-state index contributed by atoms with van der Waals surface area (Å²) in [6.07, 6.45) is 5.05. The molecule has 0 spiro atoms. The van der Waals surface area contributed by atoms with Crippen LogP contribution in [0.25, 0.3) is 0 Å². The number of benzene rings is 2. The lowest BCUT2D eigenvalue weighted by Gasteiger charge is -2.36. The van der Waals surface area contributed by atoms with Gasteiger partial charge in [-0.15, -0.1) is 0 Å². The fraction of sp³-hybridized carbons (Fsp3) is 0.381. The van der Waals surface area contributed by atoms with Crippen LogP contribution < -0.4 is 15.5 Å². The zero-order valence-corrected chi connectivity index (χ0v) is 16.3. The van der Waals surface area contributed by atoms with Gasteiger partial charge in [0.2, 0.25) is 0 Å². The second-order valence-corrected chi connectivity index (χ2v) is 8.33. The van der Waals surface area contributed by atoms with Crippen molar-refractivity contribution in [2.75, 3.05) is 5.32 Å². The fourth-order valence-electron chi connectivity index (χ4n) is 4.58. The summed E-state index contributed by atoms with van der Waals surface area (Å²) < 4.78 is 0. The molecular weight excluding hydrogens is 362 g/mol. The number of fused-ring (bicyclic) bond motifs is 2. The average Bonchev–Trinajstić information content (AvgIpc) is 2.85. The van der Waals surface area contributed by atoms with Crippen LogP contribution in [0.3, 0.4) is 0 Å². The van der Waals surface area contributed by atoms with Crippen LogP contribution in [0.4, 0.5) is 5.69 Å². The van der Waals surface area contributed by atoms with E-state index in [4.69, 9.17) is 23.8 Å². The molecule has 3 N–H and O–H groups in total. The van der Waals surface area contributed by atoms with Crippen LogP contribution in [0.1, 0.15) is 31.2 Å². The monoisotopic (exact) mass is 386 g/mol. The van der Waals surface area contributed by atoms with Crippen LogP contribution in [0.5, 0.6) is 0 Å². The molecule has 5 heteroatoms. The van der Waals surface area contributed by atoms with E-state index in [1.54, 1.807) is 4.90 Å². The van der Waals surface area contributed by atoms with Gasteiger partial charge in [0.1, 0.15) is 6.54 Å². The molecule has 2 aromatic carbocycles. The Balaban J connectivity index is 1.33. The molecule has 0 aliphatic carbocycles. The van der Waals surface area contributed by atoms with Crippen molar-refractivity contribution in [3.63, 3.8) is 0 Å². The van der Waals surface area contributed by atoms with Crippen molar-refractivity contribution < 1.29 is 4.90 Å². The average molecular weight is 387 g/mol. The lowest BCUT2D eigenvalue weighted by Crippen LogP contribution is -3.17. The number of hydrogen-bond donors (Lipinski definition) is 3. The SMILES string of the molecule is S=C(Nc1cccc(Cl)c1)NC1C[C@H]2CC[C@@H](C1)[NH+]2Cc1ccccc1. The first-order valence-corrected chi connectivity index (χ1v) is 10.2. The largest absolute Gasteiger partial charge is 0.359 e. The Kier molecular flexibility index (Phi) is 5.44. The summed E-state index contributed by atoms with van der Waals surface area (Å²) in [6, 6.07) is 20.5. The summed E-state index contributed by atoms with van der Waals surface area (Å²) in [5, 5.41) is 8.21. The summed E-state index contributed by atoms with van der Waals surface area (Å²) in [4.78, 5) is 1.77. The minimum absolute atomic E-state index is 0.464. The van der Waals surface area contributed by atoms with Gasteiger partial charge in [0.15, 0.2) is 5.11 Å². The number of piperidine rings is 1. The number of quaternary nitrogens is 1. The maximum Gasteiger partial charge on any atom is 0.171 e. The number of hydrogen-bond acceptors (Lipinski definition) is 1. The van der Waals surface area contributed by atoms with Gasteiger partial charge in [-0.05, 0) is 30.4 Å². The minimum Gasteiger partial charge on any atom is -0.359 e. The van der Waals surface area contributed by atoms with Crippen LogP contribution >= 0.6 is 23.8 Å². The second-order valence-electron chi connectivity index (χ2n) is 7.49. The molecule has 0 saturated carbocycles. The van der Waals surface area contributed by atoms with Gasteiger partial charge in [0, 0.05) is 48.0 Å². The Morgan fingerprint density at radius 2 is 1.77 bits per heavy atom. The number of anilines is 1. The molecule has 2 heterocycles. The molecule has 2 bridgehead atoms. The summed E-state index contributed by atoms with van der Waals surface area (Å²) in [6.45, 7) is 1.15. The van der Waals surface area contributed by atoms with Gasteiger partial charge in [-0.3, -0.25) is 0 Å². The number of nitrogens with one attached hydrogen (secondary N) is 3. The molecule has 3 nitrogen and oxygen atoms in total. The van der Waals surface area contributed by atoms with Crippen molar-refractivity contribution in [1.82, 2.24) is 5.32 Å². The quantitative estimate of drug-likeness (QED) is 0.703. The fourth-order valence-corrected chi connectivity index (χ4v) is 5.06. The van der Waals surface area contributed by atoms with E-state index in [0.717, 1.165) is 24.3 Å². The van der Waals surface area contributed by atoms with E-state index in [0.29, 0.717) is 16.2 Å². The highest BCUT2D eigenvalue weighted by molar-refractivity contribution is 7.80. The van der Waals surface area contributed by atoms with Crippen molar-refractivity contribution in [2.45, 2.75) is 50.4 Å². The topological polar surface area (TPSA) is 28.5 Å². The molecule has 0 amide bonds. The molecule has 26 heavy (non-hydrogen) atoms. The molecule has 0 aromatic heterocycles. The summed E-state index contributed by atoms with van der Waals surface area (Å²) in [5.41, 5.74) is 2.38. The van der Waals surface area contributed by atoms with Crippen LogP contribution in [0.15, 0.2) is 54.6 Å². The standard InChI is InChI=1S/C21H24ClN3S/c22-16-7-4-8-17(11-16)23-21(26)24-18-12-19-9-10-20(13-18)25(19)14-15-5-2-1-3-6-15/h1-8,11,18-20H,9-10,12-14H2,(H2,23,24,26)/p+1/t18?,19-,20+. The van der Waals surface area contributed by atoms with Crippen molar-refractivity contribution in [2.24, 2.45) is 0 Å². The van der Waals surface area contributed by atoms with Crippen molar-refractivity contribution in [1.29, 1.82) is 0 Å². The van der Waals surface area contributed by atoms with Gasteiger partial charge in [0.05, 0.1) is 12.1 Å². The van der Waals surface area contributed by atoms with Gasteiger partial charge in [0.25, 0.3) is 0 Å². The maximum absolute atomic E-state index is 6.04. The van der Waals surface area contributed by atoms with E-state index in [9.17, 15) is 0 Å². The van der Waals surface area contributed by atoms with Gasteiger partial charge in [-0.1, -0.05) is 48.0 Å². The highest BCUT2D eigenvalue weighted by Gasteiger charge is 2.44. The number of halogens is 1. The summed E-state index contributed by atoms with van der Waals surface area (Å²) in [7, 11) is 0. The molecule has 4 rings (SSSR count). The third-order valence-electron chi connectivity index (χ3n) is 5.72. The van der Waals surface area contributed by atoms with E-state index in [-0.39, 0.29) is 0 Å². The normalized spacial score (nSPS) is 27.1. The maximum atomic E-state index is 6.04. The smallest absolute Gasteiger partial charge is 0.171 e. The first-order chi connectivity index (χ1) is 12.7. The Hall–Kier alpha value is -1.62. The lowest BCUT2D eigenvalue weighted by molar-refractivity contribution is -0.954. The number of rotatable bonds is 4. The van der Waals surface area contributed by atoms with E-state index < -0.39 is 0 Å². The lowest BCUT2D eigenvalue weighted by atomic mass is 9.96. The van der Waals surface area contributed by atoms with Crippen LogP contribution in [0, 0.1) is 0 Å². The molecule has 2 fully saturated rings. The van der Waals surface area contributed by atoms with E-state index in [1.165, 1.54) is 31.2 Å². The molecule has 2 unspecified atom stereocenters. The van der Waals surface area contributed by atoms with Gasteiger partial charge in [-0.25, -0.2) is 0 Å². The summed E-state index contributed by atoms with van der Waals surface area (Å²) in [5.74, 6) is 0. The van der Waals surface area contributed by atoms with Crippen LogP contribution in [0.2, 0.25) is 5.02 Å². The first-order valence-electron chi connectivity index (χ1n) is 9.40. The molecule has 136 valence electrons. The Morgan fingerprint density at radius 3 is 2.46 bits per heavy atom. The van der Waals surface area contributed by atoms with Gasteiger partial charge < -0.3 is 15.5 Å². The molecule has 2 aliphatic rings. The third kappa shape index (κ3) is 4.20. The van der Waals surface area contributed by atoms with E-state index >= 15 is 0 Å². The molecular formula is C21H25ClN3S+. The molecule has 2 aromatic rings. The second kappa shape index (κ2) is 7.95. The van der Waals surface area contributed by atoms with Crippen LogP contribution in [-0.4, -0.2) is 23.2 Å². The highest BCUT2D eigenvalue weighted by atomic mass is 35.5. The van der Waals surface area contributed by atoms with Crippen molar-refractivity contribution in [3.8, 4) is 0 Å². The zero-order valence-electron chi connectivity index (χ0n) is 14.7. The molecule has 4 atom stereocenters. The molecule has 2 aliphatic heterocycles. The third-order valence-corrected chi connectivity index (χ3v) is 6.17. The first kappa shape index (κ1) is 17.8. The Morgan fingerprint density at radius 1 is 1.04 bits per heavy atom. The van der Waals surface area contributed by atoms with Crippen molar-refractivity contribution in [3.05, 3.63) is 65.2 Å².